The van der Waals surface area contributed by atoms with Gasteiger partial charge in [-0.2, -0.15) is 0 Å². The van der Waals surface area contributed by atoms with Gasteiger partial charge in [-0.05, 0) is 36.1 Å². The molecule has 0 aliphatic carbocycles. The van der Waals surface area contributed by atoms with Crippen LogP contribution in [0, 0.1) is 17.8 Å². The Morgan fingerprint density at radius 3 is 2.63 bits per heavy atom. The van der Waals surface area contributed by atoms with Crippen LogP contribution < -0.4 is 4.74 Å². The fraction of sp³-hybridized carbons (Fsp3) is 0.529. The van der Waals surface area contributed by atoms with Gasteiger partial charge in [-0.1, -0.05) is 49.5 Å². The Hall–Kier alpha value is -0.940. The predicted molar refractivity (Wildman–Crippen MR) is 85.6 cm³/mol. The lowest BCUT2D eigenvalue weighted by atomic mass is 9.88. The summed E-state index contributed by atoms with van der Waals surface area (Å²) in [6, 6.07) is 6.23. The van der Waals surface area contributed by atoms with Gasteiger partial charge in [-0.15, -0.1) is 5.92 Å². The standard InChI is InChI=1S/C17H23BrO/c1-5-7-8-13(3)14(4)16-12-15(18)9-10-17(16)19-11-6-2/h9-10,12-14H,5-6,11H2,1-4H3. The van der Waals surface area contributed by atoms with E-state index in [1.807, 2.05) is 12.1 Å². The first-order valence-corrected chi connectivity index (χ1v) is 7.80. The first-order valence-electron chi connectivity index (χ1n) is 7.00. The van der Waals surface area contributed by atoms with Crippen LogP contribution in [-0.2, 0) is 0 Å². The maximum atomic E-state index is 5.85. The molecule has 0 heterocycles. The van der Waals surface area contributed by atoms with E-state index in [0.717, 1.165) is 29.7 Å². The minimum absolute atomic E-state index is 0.332. The summed E-state index contributed by atoms with van der Waals surface area (Å²) in [5.74, 6) is 8.17. The molecule has 0 spiro atoms. The van der Waals surface area contributed by atoms with Gasteiger partial charge in [0.15, 0.2) is 0 Å². The molecule has 0 bridgehead atoms. The highest BCUT2D eigenvalue weighted by atomic mass is 79.9. The minimum Gasteiger partial charge on any atom is -0.493 e. The van der Waals surface area contributed by atoms with E-state index < -0.39 is 0 Å². The monoisotopic (exact) mass is 322 g/mol. The van der Waals surface area contributed by atoms with Gasteiger partial charge in [0.25, 0.3) is 0 Å². The second-order valence-corrected chi connectivity index (χ2v) is 5.70. The zero-order chi connectivity index (χ0) is 14.3. The molecule has 0 saturated heterocycles. The maximum absolute atomic E-state index is 5.85. The third kappa shape index (κ3) is 4.91. The Kier molecular flexibility index (Phi) is 7.02. The molecule has 0 aliphatic heterocycles. The summed E-state index contributed by atoms with van der Waals surface area (Å²) in [5.41, 5.74) is 1.24. The molecule has 2 atom stereocenters. The van der Waals surface area contributed by atoms with Crippen molar-refractivity contribution in [3.63, 3.8) is 0 Å². The SMILES string of the molecule is CCC#CC(C)C(C)c1cc(Br)ccc1OCCC. The second kappa shape index (κ2) is 8.27. The molecule has 19 heavy (non-hydrogen) atoms. The fourth-order valence-corrected chi connectivity index (χ4v) is 2.25. The van der Waals surface area contributed by atoms with Crippen molar-refractivity contribution in [1.82, 2.24) is 0 Å². The predicted octanol–water partition coefficient (Wildman–Crippen LogP) is 5.39. The minimum atomic E-state index is 0.332. The van der Waals surface area contributed by atoms with Gasteiger partial charge in [-0.25, -0.2) is 0 Å². The summed E-state index contributed by atoms with van der Waals surface area (Å²) in [6.45, 7) is 9.36. The second-order valence-electron chi connectivity index (χ2n) is 4.78. The van der Waals surface area contributed by atoms with Crippen molar-refractivity contribution in [2.24, 2.45) is 5.92 Å². The normalized spacial score (nSPS) is 13.3. The van der Waals surface area contributed by atoms with E-state index in [1.165, 1.54) is 5.56 Å². The maximum Gasteiger partial charge on any atom is 0.122 e. The molecule has 0 N–H and O–H groups in total. The summed E-state index contributed by atoms with van der Waals surface area (Å²) >= 11 is 3.54. The van der Waals surface area contributed by atoms with E-state index in [2.05, 4.69) is 61.5 Å². The summed E-state index contributed by atoms with van der Waals surface area (Å²) in [4.78, 5) is 0. The number of benzene rings is 1. The van der Waals surface area contributed by atoms with Gasteiger partial charge in [0.1, 0.15) is 5.75 Å². The molecule has 2 heteroatoms. The molecule has 104 valence electrons. The van der Waals surface area contributed by atoms with Crippen LogP contribution in [0.15, 0.2) is 22.7 Å². The lowest BCUT2D eigenvalue weighted by Crippen LogP contribution is -2.07. The molecule has 1 aromatic carbocycles. The van der Waals surface area contributed by atoms with E-state index in [9.17, 15) is 0 Å². The largest absolute Gasteiger partial charge is 0.493 e. The fourth-order valence-electron chi connectivity index (χ4n) is 1.88. The highest BCUT2D eigenvalue weighted by molar-refractivity contribution is 9.10. The van der Waals surface area contributed by atoms with Crippen molar-refractivity contribution in [3.8, 4) is 17.6 Å². The van der Waals surface area contributed by atoms with Crippen LogP contribution in [0.4, 0.5) is 0 Å². The molecule has 0 radical (unpaired) electrons. The van der Waals surface area contributed by atoms with Crippen LogP contribution in [0.1, 0.15) is 52.0 Å². The number of rotatable bonds is 5. The topological polar surface area (TPSA) is 9.23 Å². The molecule has 0 fully saturated rings. The van der Waals surface area contributed by atoms with Gasteiger partial charge in [0.2, 0.25) is 0 Å². The van der Waals surface area contributed by atoms with E-state index in [0.29, 0.717) is 11.8 Å². The summed E-state index contributed by atoms with van der Waals surface area (Å²) in [5, 5.41) is 0. The van der Waals surface area contributed by atoms with Crippen LogP contribution in [0.2, 0.25) is 0 Å². The third-order valence-electron chi connectivity index (χ3n) is 3.18. The molecular weight excluding hydrogens is 300 g/mol. The van der Waals surface area contributed by atoms with Crippen LogP contribution in [0.25, 0.3) is 0 Å². The highest BCUT2D eigenvalue weighted by Gasteiger charge is 2.17. The quantitative estimate of drug-likeness (QED) is 0.660. The molecular formula is C17H23BrO. The van der Waals surface area contributed by atoms with Gasteiger partial charge >= 0.3 is 0 Å². The van der Waals surface area contributed by atoms with E-state index in [4.69, 9.17) is 4.74 Å². The van der Waals surface area contributed by atoms with Gasteiger partial charge < -0.3 is 4.74 Å². The molecule has 0 amide bonds. The summed E-state index contributed by atoms with van der Waals surface area (Å²) in [6.07, 6.45) is 1.93. The smallest absolute Gasteiger partial charge is 0.122 e. The number of ether oxygens (including phenoxy) is 1. The average Bonchev–Trinajstić information content (AvgIpc) is 2.42. The highest BCUT2D eigenvalue weighted by Crippen LogP contribution is 2.34. The number of hydrogen-bond donors (Lipinski definition) is 0. The van der Waals surface area contributed by atoms with E-state index in [-0.39, 0.29) is 0 Å². The Labute approximate surface area is 125 Å². The number of halogens is 1. The molecule has 1 rings (SSSR count). The molecule has 1 aromatic rings. The number of hydrogen-bond acceptors (Lipinski definition) is 1. The Bertz CT molecular complexity index is 456. The van der Waals surface area contributed by atoms with Crippen molar-refractivity contribution in [2.75, 3.05) is 6.61 Å². The average molecular weight is 323 g/mol. The van der Waals surface area contributed by atoms with Crippen molar-refractivity contribution in [1.29, 1.82) is 0 Å². The lowest BCUT2D eigenvalue weighted by Gasteiger charge is -2.20. The van der Waals surface area contributed by atoms with Crippen molar-refractivity contribution in [3.05, 3.63) is 28.2 Å². The summed E-state index contributed by atoms with van der Waals surface area (Å²) in [7, 11) is 0. The van der Waals surface area contributed by atoms with Gasteiger partial charge in [-0.3, -0.25) is 0 Å². The lowest BCUT2D eigenvalue weighted by molar-refractivity contribution is 0.311. The van der Waals surface area contributed by atoms with Crippen molar-refractivity contribution < 1.29 is 4.74 Å². The summed E-state index contributed by atoms with van der Waals surface area (Å²) < 4.78 is 6.94. The van der Waals surface area contributed by atoms with Crippen LogP contribution in [-0.4, -0.2) is 6.61 Å². The first-order chi connectivity index (χ1) is 9.10. The van der Waals surface area contributed by atoms with E-state index in [1.54, 1.807) is 0 Å². The zero-order valence-electron chi connectivity index (χ0n) is 12.3. The first kappa shape index (κ1) is 16.1. The van der Waals surface area contributed by atoms with E-state index >= 15 is 0 Å². The molecule has 2 unspecified atom stereocenters. The van der Waals surface area contributed by atoms with Crippen molar-refractivity contribution in [2.45, 2.75) is 46.5 Å². The third-order valence-corrected chi connectivity index (χ3v) is 3.67. The molecule has 0 aliphatic rings. The Balaban J connectivity index is 2.98. The molecule has 1 nitrogen and oxygen atoms in total. The zero-order valence-corrected chi connectivity index (χ0v) is 13.9. The van der Waals surface area contributed by atoms with Gasteiger partial charge in [0.05, 0.1) is 6.61 Å². The van der Waals surface area contributed by atoms with Crippen LogP contribution in [0.3, 0.4) is 0 Å². The van der Waals surface area contributed by atoms with Crippen LogP contribution in [0.5, 0.6) is 5.75 Å². The molecule has 0 saturated carbocycles. The van der Waals surface area contributed by atoms with Gasteiger partial charge in [0, 0.05) is 16.8 Å². The molecule has 0 aromatic heterocycles. The van der Waals surface area contributed by atoms with Crippen LogP contribution >= 0.6 is 15.9 Å². The Morgan fingerprint density at radius 2 is 2.00 bits per heavy atom. The van der Waals surface area contributed by atoms with Crippen molar-refractivity contribution >= 4 is 15.9 Å². The Morgan fingerprint density at radius 1 is 1.26 bits per heavy atom.